The van der Waals surface area contributed by atoms with Crippen LogP contribution in [0.4, 0.5) is 0 Å². The number of aromatic nitrogens is 3. The molecule has 0 aliphatic rings. The van der Waals surface area contributed by atoms with Crippen LogP contribution in [0.3, 0.4) is 0 Å². The SMILES string of the molecule is CC(C)Cn1ncnc1CNCc1cccs1. The summed E-state index contributed by atoms with van der Waals surface area (Å²) in [5.41, 5.74) is 0. The van der Waals surface area contributed by atoms with Crippen LogP contribution in [0.1, 0.15) is 24.5 Å². The molecule has 17 heavy (non-hydrogen) atoms. The number of thiophene rings is 1. The Hall–Kier alpha value is -1.20. The first-order valence-corrected chi connectivity index (χ1v) is 6.73. The van der Waals surface area contributed by atoms with Crippen LogP contribution in [-0.2, 0) is 19.6 Å². The molecule has 2 heterocycles. The van der Waals surface area contributed by atoms with Gasteiger partial charge in [0.05, 0.1) is 6.54 Å². The Morgan fingerprint density at radius 1 is 1.41 bits per heavy atom. The Bertz CT molecular complexity index is 433. The predicted octanol–water partition coefficient (Wildman–Crippen LogP) is 2.29. The maximum atomic E-state index is 4.28. The summed E-state index contributed by atoms with van der Waals surface area (Å²) in [5, 5.41) is 9.73. The monoisotopic (exact) mass is 250 g/mol. The standard InChI is InChI=1S/C12H18N4S/c1-10(2)8-16-12(14-9-15-16)7-13-6-11-4-3-5-17-11/h3-5,9-10,13H,6-8H2,1-2H3. The van der Waals surface area contributed by atoms with Crippen molar-refractivity contribution in [1.29, 1.82) is 0 Å². The summed E-state index contributed by atoms with van der Waals surface area (Å²) in [6, 6.07) is 4.21. The fraction of sp³-hybridized carbons (Fsp3) is 0.500. The smallest absolute Gasteiger partial charge is 0.140 e. The molecule has 0 radical (unpaired) electrons. The summed E-state index contributed by atoms with van der Waals surface area (Å²) in [7, 11) is 0. The van der Waals surface area contributed by atoms with E-state index in [0.29, 0.717) is 5.92 Å². The number of hydrogen-bond donors (Lipinski definition) is 1. The highest BCUT2D eigenvalue weighted by Gasteiger charge is 2.05. The van der Waals surface area contributed by atoms with E-state index in [1.807, 2.05) is 4.68 Å². The van der Waals surface area contributed by atoms with Crippen molar-refractivity contribution in [2.24, 2.45) is 5.92 Å². The normalized spacial score (nSPS) is 11.2. The quantitative estimate of drug-likeness (QED) is 0.855. The molecule has 0 bridgehead atoms. The third kappa shape index (κ3) is 3.64. The van der Waals surface area contributed by atoms with E-state index in [0.717, 1.165) is 25.5 Å². The molecule has 0 amide bonds. The fourth-order valence-corrected chi connectivity index (χ4v) is 2.31. The second-order valence-electron chi connectivity index (χ2n) is 4.44. The third-order valence-electron chi connectivity index (χ3n) is 2.40. The molecule has 0 aliphatic carbocycles. The number of nitrogens with zero attached hydrogens (tertiary/aromatic N) is 3. The second kappa shape index (κ2) is 5.93. The average Bonchev–Trinajstić information content (AvgIpc) is 2.90. The van der Waals surface area contributed by atoms with Gasteiger partial charge in [0, 0.05) is 18.0 Å². The van der Waals surface area contributed by atoms with Crippen molar-refractivity contribution in [3.05, 3.63) is 34.5 Å². The lowest BCUT2D eigenvalue weighted by Crippen LogP contribution is -2.18. The molecule has 1 N–H and O–H groups in total. The molecular formula is C12H18N4S. The highest BCUT2D eigenvalue weighted by molar-refractivity contribution is 7.09. The first kappa shape index (κ1) is 12.3. The summed E-state index contributed by atoms with van der Waals surface area (Å²) < 4.78 is 1.98. The lowest BCUT2D eigenvalue weighted by atomic mass is 10.2. The molecule has 0 fully saturated rings. The van der Waals surface area contributed by atoms with E-state index in [2.05, 4.69) is 46.8 Å². The van der Waals surface area contributed by atoms with Crippen LogP contribution in [0, 0.1) is 5.92 Å². The lowest BCUT2D eigenvalue weighted by molar-refractivity contribution is 0.458. The van der Waals surface area contributed by atoms with Crippen LogP contribution in [0.15, 0.2) is 23.8 Å². The van der Waals surface area contributed by atoms with Gasteiger partial charge in [0.2, 0.25) is 0 Å². The van der Waals surface area contributed by atoms with Crippen molar-refractivity contribution in [1.82, 2.24) is 20.1 Å². The van der Waals surface area contributed by atoms with Crippen molar-refractivity contribution in [2.75, 3.05) is 0 Å². The van der Waals surface area contributed by atoms with E-state index in [-0.39, 0.29) is 0 Å². The average molecular weight is 250 g/mol. The highest BCUT2D eigenvalue weighted by atomic mass is 32.1. The highest BCUT2D eigenvalue weighted by Crippen LogP contribution is 2.08. The van der Waals surface area contributed by atoms with Crippen LogP contribution in [0.2, 0.25) is 0 Å². The Kier molecular flexibility index (Phi) is 4.28. The minimum atomic E-state index is 0.591. The van der Waals surface area contributed by atoms with Gasteiger partial charge >= 0.3 is 0 Å². The van der Waals surface area contributed by atoms with E-state index < -0.39 is 0 Å². The van der Waals surface area contributed by atoms with E-state index in [9.17, 15) is 0 Å². The Balaban J connectivity index is 1.84. The first-order chi connectivity index (χ1) is 8.25. The number of rotatable bonds is 6. The second-order valence-corrected chi connectivity index (χ2v) is 5.47. The topological polar surface area (TPSA) is 42.7 Å². The van der Waals surface area contributed by atoms with Gasteiger partial charge in [-0.3, -0.25) is 0 Å². The molecule has 2 aromatic heterocycles. The van der Waals surface area contributed by atoms with Crippen molar-refractivity contribution in [3.8, 4) is 0 Å². The minimum Gasteiger partial charge on any atom is -0.305 e. The molecule has 2 aromatic rings. The zero-order valence-corrected chi connectivity index (χ0v) is 11.1. The van der Waals surface area contributed by atoms with Crippen molar-refractivity contribution >= 4 is 11.3 Å². The molecule has 0 aliphatic heterocycles. The zero-order valence-electron chi connectivity index (χ0n) is 10.3. The van der Waals surface area contributed by atoms with Gasteiger partial charge in [-0.1, -0.05) is 19.9 Å². The summed E-state index contributed by atoms with van der Waals surface area (Å²) in [4.78, 5) is 5.63. The van der Waals surface area contributed by atoms with Gasteiger partial charge in [0.15, 0.2) is 0 Å². The molecule has 0 saturated carbocycles. The van der Waals surface area contributed by atoms with E-state index in [1.165, 1.54) is 4.88 Å². The van der Waals surface area contributed by atoms with Crippen LogP contribution < -0.4 is 5.32 Å². The predicted molar refractivity (Wildman–Crippen MR) is 69.7 cm³/mol. The minimum absolute atomic E-state index is 0.591. The van der Waals surface area contributed by atoms with E-state index in [4.69, 9.17) is 0 Å². The van der Waals surface area contributed by atoms with E-state index in [1.54, 1.807) is 17.7 Å². The van der Waals surface area contributed by atoms with Crippen LogP contribution >= 0.6 is 11.3 Å². The van der Waals surface area contributed by atoms with Crippen LogP contribution in [-0.4, -0.2) is 14.8 Å². The Morgan fingerprint density at radius 3 is 3.00 bits per heavy atom. The van der Waals surface area contributed by atoms with Gasteiger partial charge in [-0.2, -0.15) is 5.10 Å². The third-order valence-corrected chi connectivity index (χ3v) is 3.27. The molecule has 0 spiro atoms. The largest absolute Gasteiger partial charge is 0.305 e. The Labute approximate surface area is 106 Å². The lowest BCUT2D eigenvalue weighted by Gasteiger charge is -2.08. The van der Waals surface area contributed by atoms with Gasteiger partial charge in [-0.25, -0.2) is 9.67 Å². The van der Waals surface area contributed by atoms with Gasteiger partial charge in [0.1, 0.15) is 12.2 Å². The molecule has 2 rings (SSSR count). The molecule has 92 valence electrons. The van der Waals surface area contributed by atoms with Gasteiger partial charge < -0.3 is 5.32 Å². The molecular weight excluding hydrogens is 232 g/mol. The van der Waals surface area contributed by atoms with Crippen LogP contribution in [0.25, 0.3) is 0 Å². The Morgan fingerprint density at radius 2 is 2.29 bits per heavy atom. The summed E-state index contributed by atoms with van der Waals surface area (Å²) in [5.74, 6) is 1.60. The van der Waals surface area contributed by atoms with Crippen molar-refractivity contribution in [3.63, 3.8) is 0 Å². The number of hydrogen-bond acceptors (Lipinski definition) is 4. The number of nitrogens with one attached hydrogen (secondary N) is 1. The molecule has 0 unspecified atom stereocenters. The van der Waals surface area contributed by atoms with Crippen molar-refractivity contribution < 1.29 is 0 Å². The van der Waals surface area contributed by atoms with Gasteiger partial charge in [-0.15, -0.1) is 11.3 Å². The zero-order chi connectivity index (χ0) is 12.1. The summed E-state index contributed by atoms with van der Waals surface area (Å²) >= 11 is 1.77. The summed E-state index contributed by atoms with van der Waals surface area (Å²) in [6.45, 7) is 6.96. The maximum absolute atomic E-state index is 4.28. The fourth-order valence-electron chi connectivity index (χ4n) is 1.63. The molecule has 0 atom stereocenters. The van der Waals surface area contributed by atoms with Crippen LogP contribution in [0.5, 0.6) is 0 Å². The van der Waals surface area contributed by atoms with Gasteiger partial charge in [-0.05, 0) is 17.4 Å². The molecule has 5 heteroatoms. The summed E-state index contributed by atoms with van der Waals surface area (Å²) in [6.07, 6.45) is 1.63. The molecule has 0 aromatic carbocycles. The first-order valence-electron chi connectivity index (χ1n) is 5.85. The maximum Gasteiger partial charge on any atom is 0.140 e. The molecule has 4 nitrogen and oxygen atoms in total. The van der Waals surface area contributed by atoms with Crippen molar-refractivity contribution in [2.45, 2.75) is 33.5 Å². The van der Waals surface area contributed by atoms with E-state index >= 15 is 0 Å². The molecule has 0 saturated heterocycles. The van der Waals surface area contributed by atoms with Gasteiger partial charge in [0.25, 0.3) is 0 Å².